The summed E-state index contributed by atoms with van der Waals surface area (Å²) < 4.78 is 13.4. The lowest BCUT2D eigenvalue weighted by Gasteiger charge is -2.12. The molecule has 1 rings (SSSR count). The smallest absolute Gasteiger partial charge is 0.127 e. The van der Waals surface area contributed by atoms with Gasteiger partial charge in [0.25, 0.3) is 0 Å². The van der Waals surface area contributed by atoms with Crippen LogP contribution in [0.2, 0.25) is 0 Å². The molecule has 1 unspecified atom stereocenters. The molecule has 0 saturated heterocycles. The number of nitriles is 1. The molecule has 0 aliphatic heterocycles. The summed E-state index contributed by atoms with van der Waals surface area (Å²) in [7, 11) is 0. The Kier molecular flexibility index (Phi) is 4.68. The summed E-state index contributed by atoms with van der Waals surface area (Å²) in [6.07, 6.45) is 2.65. The van der Waals surface area contributed by atoms with E-state index in [-0.39, 0.29) is 11.9 Å². The van der Waals surface area contributed by atoms with E-state index in [4.69, 9.17) is 5.26 Å². The zero-order valence-corrected chi connectivity index (χ0v) is 9.33. The van der Waals surface area contributed by atoms with Gasteiger partial charge < -0.3 is 5.32 Å². The minimum Gasteiger partial charge on any atom is -0.310 e. The highest BCUT2D eigenvalue weighted by Crippen LogP contribution is 2.10. The standard InChI is InChI=1S/C13H15FN2/c1-3-4-10(2)16-9-12-7-11(8-15)5-6-13(12)14/h3,5-7,10,16H,1,4,9H2,2H3. The Bertz CT molecular complexity index is 407. The second-order valence-corrected chi connectivity index (χ2v) is 3.72. The molecule has 0 spiro atoms. The van der Waals surface area contributed by atoms with Gasteiger partial charge in [0, 0.05) is 18.2 Å². The first-order chi connectivity index (χ1) is 7.67. The molecule has 0 heterocycles. The van der Waals surface area contributed by atoms with Gasteiger partial charge in [-0.1, -0.05) is 6.08 Å². The molecule has 0 radical (unpaired) electrons. The number of nitrogens with one attached hydrogen (secondary N) is 1. The molecule has 0 aliphatic carbocycles. The fourth-order valence-electron chi connectivity index (χ4n) is 1.40. The fraction of sp³-hybridized carbons (Fsp3) is 0.308. The minimum absolute atomic E-state index is 0.252. The maximum atomic E-state index is 13.4. The van der Waals surface area contributed by atoms with Crippen molar-refractivity contribution in [1.82, 2.24) is 5.32 Å². The third kappa shape index (κ3) is 3.48. The predicted molar refractivity (Wildman–Crippen MR) is 62.2 cm³/mol. The van der Waals surface area contributed by atoms with Gasteiger partial charge in [-0.3, -0.25) is 0 Å². The first-order valence-electron chi connectivity index (χ1n) is 5.20. The molecule has 1 aromatic rings. The van der Waals surface area contributed by atoms with Gasteiger partial charge in [-0.15, -0.1) is 6.58 Å². The summed E-state index contributed by atoms with van der Waals surface area (Å²) >= 11 is 0. The van der Waals surface area contributed by atoms with Crippen LogP contribution in [0.15, 0.2) is 30.9 Å². The molecule has 1 N–H and O–H groups in total. The Hall–Kier alpha value is -1.66. The molecule has 0 bridgehead atoms. The van der Waals surface area contributed by atoms with Gasteiger partial charge in [0.05, 0.1) is 11.6 Å². The van der Waals surface area contributed by atoms with Crippen molar-refractivity contribution >= 4 is 0 Å². The van der Waals surface area contributed by atoms with E-state index in [0.29, 0.717) is 17.7 Å². The maximum absolute atomic E-state index is 13.4. The van der Waals surface area contributed by atoms with E-state index >= 15 is 0 Å². The Labute approximate surface area is 95.4 Å². The molecule has 0 amide bonds. The van der Waals surface area contributed by atoms with Crippen LogP contribution in [0.5, 0.6) is 0 Å². The number of hydrogen-bond acceptors (Lipinski definition) is 2. The molecule has 1 atom stereocenters. The lowest BCUT2D eigenvalue weighted by molar-refractivity contribution is 0.531. The number of hydrogen-bond donors (Lipinski definition) is 1. The zero-order chi connectivity index (χ0) is 12.0. The van der Waals surface area contributed by atoms with E-state index in [1.54, 1.807) is 6.07 Å². The van der Waals surface area contributed by atoms with E-state index in [2.05, 4.69) is 11.9 Å². The molecular weight excluding hydrogens is 203 g/mol. The summed E-state index contributed by atoms with van der Waals surface area (Å²) in [5, 5.41) is 11.9. The van der Waals surface area contributed by atoms with Gasteiger partial charge in [0.15, 0.2) is 0 Å². The first kappa shape index (κ1) is 12.4. The van der Waals surface area contributed by atoms with Crippen molar-refractivity contribution in [2.75, 3.05) is 0 Å². The monoisotopic (exact) mass is 218 g/mol. The normalized spacial score (nSPS) is 11.8. The fourth-order valence-corrected chi connectivity index (χ4v) is 1.40. The third-order valence-corrected chi connectivity index (χ3v) is 2.34. The van der Waals surface area contributed by atoms with Crippen LogP contribution in [0.25, 0.3) is 0 Å². The molecule has 0 aromatic heterocycles. The average molecular weight is 218 g/mol. The number of benzene rings is 1. The van der Waals surface area contributed by atoms with Crippen LogP contribution in [-0.2, 0) is 6.54 Å². The third-order valence-electron chi connectivity index (χ3n) is 2.34. The van der Waals surface area contributed by atoms with Crippen LogP contribution in [0.3, 0.4) is 0 Å². The van der Waals surface area contributed by atoms with Gasteiger partial charge in [-0.05, 0) is 31.5 Å². The van der Waals surface area contributed by atoms with Crippen LogP contribution >= 0.6 is 0 Å². The Morgan fingerprint density at radius 3 is 3.00 bits per heavy atom. The highest BCUT2D eigenvalue weighted by atomic mass is 19.1. The van der Waals surface area contributed by atoms with Crippen LogP contribution in [0.1, 0.15) is 24.5 Å². The van der Waals surface area contributed by atoms with Gasteiger partial charge in [-0.25, -0.2) is 4.39 Å². The van der Waals surface area contributed by atoms with Crippen LogP contribution in [0.4, 0.5) is 4.39 Å². The van der Waals surface area contributed by atoms with Crippen LogP contribution in [0, 0.1) is 17.1 Å². The van der Waals surface area contributed by atoms with Gasteiger partial charge in [0.2, 0.25) is 0 Å². The van der Waals surface area contributed by atoms with Gasteiger partial charge >= 0.3 is 0 Å². The molecule has 0 fully saturated rings. The van der Waals surface area contributed by atoms with Crippen molar-refractivity contribution in [3.05, 3.63) is 47.8 Å². The molecule has 3 heteroatoms. The molecular formula is C13H15FN2. The highest BCUT2D eigenvalue weighted by molar-refractivity contribution is 5.33. The van der Waals surface area contributed by atoms with E-state index in [9.17, 15) is 4.39 Å². The Morgan fingerprint density at radius 1 is 1.62 bits per heavy atom. The van der Waals surface area contributed by atoms with E-state index < -0.39 is 0 Å². The summed E-state index contributed by atoms with van der Waals surface area (Å²) in [5.74, 6) is -0.280. The molecule has 84 valence electrons. The molecule has 16 heavy (non-hydrogen) atoms. The molecule has 0 saturated carbocycles. The highest BCUT2D eigenvalue weighted by Gasteiger charge is 2.05. The Balaban J connectivity index is 2.66. The predicted octanol–water partition coefficient (Wildman–Crippen LogP) is 2.75. The average Bonchev–Trinajstić information content (AvgIpc) is 2.28. The molecule has 2 nitrogen and oxygen atoms in total. The summed E-state index contributed by atoms with van der Waals surface area (Å²) in [6.45, 7) is 6.08. The van der Waals surface area contributed by atoms with Gasteiger partial charge in [0.1, 0.15) is 5.82 Å². The second-order valence-electron chi connectivity index (χ2n) is 3.72. The first-order valence-corrected chi connectivity index (χ1v) is 5.20. The summed E-state index contributed by atoms with van der Waals surface area (Å²) in [5.41, 5.74) is 1.00. The topological polar surface area (TPSA) is 35.8 Å². The van der Waals surface area contributed by atoms with Crippen molar-refractivity contribution in [3.8, 4) is 6.07 Å². The van der Waals surface area contributed by atoms with Gasteiger partial charge in [-0.2, -0.15) is 5.26 Å². The van der Waals surface area contributed by atoms with E-state index in [1.807, 2.05) is 19.1 Å². The Morgan fingerprint density at radius 2 is 2.38 bits per heavy atom. The largest absolute Gasteiger partial charge is 0.310 e. The second kappa shape index (κ2) is 6.04. The summed E-state index contributed by atoms with van der Waals surface area (Å²) in [6, 6.07) is 6.63. The SMILES string of the molecule is C=CCC(C)NCc1cc(C#N)ccc1F. The number of halogens is 1. The van der Waals surface area contributed by atoms with Crippen molar-refractivity contribution in [2.45, 2.75) is 25.9 Å². The van der Waals surface area contributed by atoms with Crippen molar-refractivity contribution in [2.24, 2.45) is 0 Å². The van der Waals surface area contributed by atoms with Crippen molar-refractivity contribution in [1.29, 1.82) is 5.26 Å². The molecule has 0 aliphatic rings. The summed E-state index contributed by atoms with van der Waals surface area (Å²) in [4.78, 5) is 0. The minimum atomic E-state index is -0.280. The number of rotatable bonds is 5. The number of nitrogens with zero attached hydrogens (tertiary/aromatic N) is 1. The quantitative estimate of drug-likeness (QED) is 0.771. The van der Waals surface area contributed by atoms with E-state index in [1.165, 1.54) is 12.1 Å². The lowest BCUT2D eigenvalue weighted by atomic mass is 10.1. The molecule has 1 aromatic carbocycles. The zero-order valence-electron chi connectivity index (χ0n) is 9.33. The van der Waals surface area contributed by atoms with Crippen LogP contribution < -0.4 is 5.32 Å². The van der Waals surface area contributed by atoms with Crippen molar-refractivity contribution < 1.29 is 4.39 Å². The lowest BCUT2D eigenvalue weighted by Crippen LogP contribution is -2.25. The van der Waals surface area contributed by atoms with E-state index in [0.717, 1.165) is 6.42 Å². The maximum Gasteiger partial charge on any atom is 0.127 e. The van der Waals surface area contributed by atoms with Crippen molar-refractivity contribution in [3.63, 3.8) is 0 Å². The van der Waals surface area contributed by atoms with Crippen LogP contribution in [-0.4, -0.2) is 6.04 Å².